The molecule has 0 spiro atoms. The Kier molecular flexibility index (Phi) is 5.95. The average Bonchev–Trinajstić information content (AvgIpc) is 3.17. The van der Waals surface area contributed by atoms with Gasteiger partial charge in [-0.2, -0.15) is 5.10 Å². The first kappa shape index (κ1) is 20.5. The van der Waals surface area contributed by atoms with Crippen molar-refractivity contribution >= 4 is 44.6 Å². The molecule has 2 N–H and O–H groups in total. The number of hydrogen-bond acceptors (Lipinski definition) is 7. The number of nitrogens with zero attached hydrogens (tertiary/aromatic N) is 2. The molecule has 2 aromatic carbocycles. The highest BCUT2D eigenvalue weighted by Crippen LogP contribution is 2.29. The number of thiophene rings is 1. The number of hydrazone groups is 1. The fourth-order valence-corrected chi connectivity index (χ4v) is 4.49. The molecule has 10 heteroatoms. The Hall–Kier alpha value is -3.24. The van der Waals surface area contributed by atoms with Crippen LogP contribution in [0.15, 0.2) is 63.9 Å². The summed E-state index contributed by atoms with van der Waals surface area (Å²) in [6.45, 7) is 3.68. The van der Waals surface area contributed by atoms with Crippen LogP contribution < -0.4 is 10.1 Å². The summed E-state index contributed by atoms with van der Waals surface area (Å²) in [6, 6.07) is 12.5. The topological polar surface area (TPSA) is 114 Å². The molecule has 0 aliphatic rings. The molecule has 0 bridgehead atoms. The van der Waals surface area contributed by atoms with Crippen LogP contribution in [-0.4, -0.2) is 19.6 Å². The third kappa shape index (κ3) is 4.98. The monoisotopic (exact) mass is 430 g/mol. The minimum absolute atomic E-state index is 0.126. The van der Waals surface area contributed by atoms with Gasteiger partial charge in [-0.1, -0.05) is 23.8 Å². The first-order valence-corrected chi connectivity index (χ1v) is 10.8. The smallest absolute Gasteiger partial charge is 0.270 e. The summed E-state index contributed by atoms with van der Waals surface area (Å²) < 4.78 is 28.5. The maximum atomic E-state index is 13.0. The summed E-state index contributed by atoms with van der Waals surface area (Å²) in [5, 5.41) is 17.1. The van der Waals surface area contributed by atoms with Gasteiger partial charge in [-0.25, -0.2) is 8.42 Å². The number of nitrogens with one attached hydrogen (secondary N) is 2. The third-order valence-electron chi connectivity index (χ3n) is 4.01. The standard InChI is InChI=1S/C19H18N4O4S2/c1-13-5-7-17(14(2)10-13)22-29(26,27)19-11-15(23(24)25)6-8-18(19)21-20-12-16-4-3-9-28-16/h3-12,21-22H,1-2H3/b20-12+. The predicted molar refractivity (Wildman–Crippen MR) is 115 cm³/mol. The number of hydrogen-bond donors (Lipinski definition) is 2. The molecule has 3 rings (SSSR count). The molecule has 1 heterocycles. The predicted octanol–water partition coefficient (Wildman–Crippen LogP) is 4.52. The molecule has 8 nitrogen and oxygen atoms in total. The van der Waals surface area contributed by atoms with E-state index < -0.39 is 14.9 Å². The highest BCUT2D eigenvalue weighted by atomic mass is 32.2. The van der Waals surface area contributed by atoms with Crippen molar-refractivity contribution in [2.24, 2.45) is 5.10 Å². The van der Waals surface area contributed by atoms with Crippen molar-refractivity contribution in [3.8, 4) is 0 Å². The van der Waals surface area contributed by atoms with Gasteiger partial charge in [0.2, 0.25) is 0 Å². The molecular weight excluding hydrogens is 412 g/mol. The van der Waals surface area contributed by atoms with Crippen LogP contribution in [-0.2, 0) is 10.0 Å². The molecule has 0 aliphatic heterocycles. The van der Waals surface area contributed by atoms with Crippen LogP contribution in [0.4, 0.5) is 17.1 Å². The van der Waals surface area contributed by atoms with Gasteiger partial charge in [-0.05, 0) is 43.0 Å². The van der Waals surface area contributed by atoms with Crippen molar-refractivity contribution < 1.29 is 13.3 Å². The lowest BCUT2D eigenvalue weighted by Gasteiger charge is -2.14. The Morgan fingerprint density at radius 1 is 1.10 bits per heavy atom. The lowest BCUT2D eigenvalue weighted by atomic mass is 10.1. The molecule has 3 aromatic rings. The largest absolute Gasteiger partial charge is 0.279 e. The van der Waals surface area contributed by atoms with Crippen molar-refractivity contribution in [3.63, 3.8) is 0 Å². The molecule has 0 saturated carbocycles. The maximum absolute atomic E-state index is 13.0. The second-order valence-corrected chi connectivity index (χ2v) is 8.88. The van der Waals surface area contributed by atoms with E-state index in [0.29, 0.717) is 5.69 Å². The van der Waals surface area contributed by atoms with E-state index in [-0.39, 0.29) is 16.3 Å². The maximum Gasteiger partial charge on any atom is 0.270 e. The van der Waals surface area contributed by atoms with Crippen LogP contribution in [0.25, 0.3) is 0 Å². The second-order valence-electron chi connectivity index (χ2n) is 6.25. The molecule has 0 aliphatic carbocycles. The summed E-state index contributed by atoms with van der Waals surface area (Å²) >= 11 is 1.47. The van der Waals surface area contributed by atoms with Crippen molar-refractivity contribution in [2.75, 3.05) is 10.1 Å². The number of aryl methyl sites for hydroxylation is 2. The van der Waals surface area contributed by atoms with Gasteiger partial charge in [0.15, 0.2) is 0 Å². The molecule has 1 aromatic heterocycles. The summed E-state index contributed by atoms with van der Waals surface area (Å²) in [5.41, 5.74) is 4.59. The number of anilines is 2. The molecule has 0 radical (unpaired) electrons. The van der Waals surface area contributed by atoms with Crippen molar-refractivity contribution in [1.29, 1.82) is 0 Å². The second kappa shape index (κ2) is 8.41. The van der Waals surface area contributed by atoms with Gasteiger partial charge >= 0.3 is 0 Å². The zero-order valence-electron chi connectivity index (χ0n) is 15.6. The lowest BCUT2D eigenvalue weighted by molar-refractivity contribution is -0.385. The molecule has 0 atom stereocenters. The number of non-ortho nitro benzene ring substituents is 1. The van der Waals surface area contributed by atoms with E-state index in [0.717, 1.165) is 22.1 Å². The lowest BCUT2D eigenvalue weighted by Crippen LogP contribution is -2.15. The third-order valence-corrected chi connectivity index (χ3v) is 6.22. The van der Waals surface area contributed by atoms with Crippen LogP contribution >= 0.6 is 11.3 Å². The van der Waals surface area contributed by atoms with E-state index in [1.54, 1.807) is 25.3 Å². The Morgan fingerprint density at radius 3 is 2.52 bits per heavy atom. The zero-order valence-corrected chi connectivity index (χ0v) is 17.3. The van der Waals surface area contributed by atoms with Crippen molar-refractivity contribution in [1.82, 2.24) is 0 Å². The average molecular weight is 431 g/mol. The van der Waals surface area contributed by atoms with E-state index in [2.05, 4.69) is 15.2 Å². The van der Waals surface area contributed by atoms with Crippen molar-refractivity contribution in [2.45, 2.75) is 18.7 Å². The van der Waals surface area contributed by atoms with Gasteiger partial charge in [-0.3, -0.25) is 20.3 Å². The van der Waals surface area contributed by atoms with Crippen LogP contribution in [0.1, 0.15) is 16.0 Å². The quantitative estimate of drug-likeness (QED) is 0.325. The normalized spacial score (nSPS) is 11.5. The Morgan fingerprint density at radius 2 is 1.86 bits per heavy atom. The number of nitro benzene ring substituents is 1. The number of nitro groups is 1. The van der Waals surface area contributed by atoms with Crippen molar-refractivity contribution in [3.05, 3.63) is 80.0 Å². The van der Waals surface area contributed by atoms with Gasteiger partial charge < -0.3 is 0 Å². The summed E-state index contributed by atoms with van der Waals surface area (Å²) in [6.07, 6.45) is 1.54. The van der Waals surface area contributed by atoms with Gasteiger partial charge in [0.05, 0.1) is 22.5 Å². The summed E-state index contributed by atoms with van der Waals surface area (Å²) in [5.74, 6) is 0. The first-order chi connectivity index (χ1) is 13.8. The molecule has 29 heavy (non-hydrogen) atoms. The van der Waals surface area contributed by atoms with Gasteiger partial charge in [0.25, 0.3) is 15.7 Å². The van der Waals surface area contributed by atoms with Gasteiger partial charge in [0, 0.05) is 17.0 Å². The highest BCUT2D eigenvalue weighted by Gasteiger charge is 2.23. The Labute approximate surface area is 172 Å². The molecule has 0 amide bonds. The summed E-state index contributed by atoms with van der Waals surface area (Å²) in [4.78, 5) is 11.1. The molecule has 0 saturated heterocycles. The van der Waals surface area contributed by atoms with Crippen LogP contribution in [0.2, 0.25) is 0 Å². The number of benzene rings is 2. The fourth-order valence-electron chi connectivity index (χ4n) is 2.60. The van der Waals surface area contributed by atoms with Crippen LogP contribution in [0.5, 0.6) is 0 Å². The van der Waals surface area contributed by atoms with E-state index in [1.807, 2.05) is 30.5 Å². The van der Waals surface area contributed by atoms with E-state index in [1.165, 1.54) is 23.5 Å². The zero-order chi connectivity index (χ0) is 21.0. The molecule has 0 fully saturated rings. The first-order valence-electron chi connectivity index (χ1n) is 8.47. The minimum atomic E-state index is -4.11. The molecule has 150 valence electrons. The highest BCUT2D eigenvalue weighted by molar-refractivity contribution is 7.92. The number of rotatable bonds is 7. The Bertz CT molecular complexity index is 1170. The van der Waals surface area contributed by atoms with Gasteiger partial charge in [0.1, 0.15) is 4.90 Å². The molecular formula is C19H18N4O4S2. The van der Waals surface area contributed by atoms with E-state index in [4.69, 9.17) is 0 Å². The summed E-state index contributed by atoms with van der Waals surface area (Å²) in [7, 11) is -4.11. The minimum Gasteiger partial charge on any atom is -0.279 e. The van der Waals surface area contributed by atoms with E-state index >= 15 is 0 Å². The SMILES string of the molecule is Cc1ccc(NS(=O)(=O)c2cc([N+](=O)[O-])ccc2N/N=C/c2cccs2)c(C)c1. The van der Waals surface area contributed by atoms with Gasteiger partial charge in [-0.15, -0.1) is 11.3 Å². The van der Waals surface area contributed by atoms with Crippen LogP contribution in [0.3, 0.4) is 0 Å². The Balaban J connectivity index is 1.97. The van der Waals surface area contributed by atoms with Crippen LogP contribution in [0, 0.1) is 24.0 Å². The van der Waals surface area contributed by atoms with E-state index in [9.17, 15) is 18.5 Å². The fraction of sp³-hybridized carbons (Fsp3) is 0.105. The number of sulfonamides is 1. The molecule has 0 unspecified atom stereocenters.